The van der Waals surface area contributed by atoms with Crippen LogP contribution in [0, 0.1) is 24.0 Å². The summed E-state index contributed by atoms with van der Waals surface area (Å²) in [7, 11) is 0. The van der Waals surface area contributed by atoms with E-state index >= 15 is 0 Å². The fourth-order valence-corrected chi connectivity index (χ4v) is 3.87. The van der Waals surface area contributed by atoms with Crippen LogP contribution in [0.2, 0.25) is 0 Å². The number of carbonyl (C=O) groups excluding carboxylic acids is 1. The van der Waals surface area contributed by atoms with Crippen LogP contribution in [0.1, 0.15) is 60.5 Å². The smallest absolute Gasteiger partial charge is 0.269 e. The number of benzene rings is 2. The molecular weight excluding hydrogens is 370 g/mol. The molecule has 1 unspecified atom stereocenters. The van der Waals surface area contributed by atoms with Crippen LogP contribution in [0.25, 0.3) is 0 Å². The Morgan fingerprint density at radius 3 is 2.55 bits per heavy atom. The highest BCUT2D eigenvalue weighted by atomic mass is 16.6. The molecule has 2 aromatic carbocycles. The molecule has 154 valence electrons. The molecule has 1 atom stereocenters. The number of hydrogen-bond acceptors (Lipinski definition) is 5. The Kier molecular flexibility index (Phi) is 6.20. The largest absolute Gasteiger partial charge is 0.494 e. The van der Waals surface area contributed by atoms with Gasteiger partial charge in [-0.3, -0.25) is 14.9 Å². The van der Waals surface area contributed by atoms with E-state index in [1.165, 1.54) is 12.1 Å². The standard InChI is InChI=1S/C23H27NO5/c1-16-13-17(2)22-20(25)15-23(3,29-21(22)14-16)11-5-4-6-12-28-19-9-7-18(8-10-19)24(26)27/h7-10,13-14H,4-6,11-12,15H2,1-3H3. The van der Waals surface area contributed by atoms with Gasteiger partial charge in [0.15, 0.2) is 5.78 Å². The average Bonchev–Trinajstić information content (AvgIpc) is 2.63. The van der Waals surface area contributed by atoms with E-state index in [2.05, 4.69) is 0 Å². The molecule has 1 aliphatic heterocycles. The number of nitro groups is 1. The minimum Gasteiger partial charge on any atom is -0.494 e. The highest BCUT2D eigenvalue weighted by molar-refractivity contribution is 6.01. The van der Waals surface area contributed by atoms with Gasteiger partial charge in [-0.2, -0.15) is 0 Å². The number of nitrogens with zero attached hydrogens (tertiary/aromatic N) is 1. The highest BCUT2D eigenvalue weighted by Gasteiger charge is 2.36. The topological polar surface area (TPSA) is 78.7 Å². The molecule has 0 aromatic heterocycles. The van der Waals surface area contributed by atoms with Crippen molar-refractivity contribution in [1.82, 2.24) is 0 Å². The maximum atomic E-state index is 12.6. The van der Waals surface area contributed by atoms with Crippen molar-refractivity contribution in [1.29, 1.82) is 0 Å². The van der Waals surface area contributed by atoms with Gasteiger partial charge in [0, 0.05) is 12.1 Å². The molecule has 29 heavy (non-hydrogen) atoms. The summed E-state index contributed by atoms with van der Waals surface area (Å²) < 4.78 is 11.9. The van der Waals surface area contributed by atoms with Gasteiger partial charge in [-0.05, 0) is 75.8 Å². The second kappa shape index (κ2) is 8.64. The first-order chi connectivity index (χ1) is 13.8. The lowest BCUT2D eigenvalue weighted by molar-refractivity contribution is -0.384. The number of carbonyl (C=O) groups is 1. The van der Waals surface area contributed by atoms with Gasteiger partial charge in [-0.15, -0.1) is 0 Å². The zero-order valence-corrected chi connectivity index (χ0v) is 17.2. The number of non-ortho nitro benzene ring substituents is 1. The van der Waals surface area contributed by atoms with Crippen molar-refractivity contribution in [3.05, 3.63) is 63.2 Å². The molecule has 2 aromatic rings. The second-order valence-electron chi connectivity index (χ2n) is 8.02. The number of fused-ring (bicyclic) bond motifs is 1. The number of nitro benzene ring substituents is 1. The van der Waals surface area contributed by atoms with Gasteiger partial charge in [0.2, 0.25) is 0 Å². The summed E-state index contributed by atoms with van der Waals surface area (Å²) in [5.41, 5.74) is 2.39. The third-order valence-electron chi connectivity index (χ3n) is 5.28. The Hall–Kier alpha value is -2.89. The fourth-order valence-electron chi connectivity index (χ4n) is 3.87. The van der Waals surface area contributed by atoms with E-state index in [9.17, 15) is 14.9 Å². The quantitative estimate of drug-likeness (QED) is 0.330. The average molecular weight is 397 g/mol. The van der Waals surface area contributed by atoms with Crippen LogP contribution in [0.15, 0.2) is 36.4 Å². The van der Waals surface area contributed by atoms with Gasteiger partial charge in [-0.25, -0.2) is 0 Å². The Morgan fingerprint density at radius 2 is 1.86 bits per heavy atom. The normalized spacial score (nSPS) is 18.1. The molecule has 0 amide bonds. The van der Waals surface area contributed by atoms with Crippen molar-refractivity contribution in [2.45, 2.75) is 58.5 Å². The van der Waals surface area contributed by atoms with E-state index in [4.69, 9.17) is 9.47 Å². The van der Waals surface area contributed by atoms with Gasteiger partial charge in [-0.1, -0.05) is 6.07 Å². The number of ether oxygens (including phenoxy) is 2. The van der Waals surface area contributed by atoms with Crippen LogP contribution in [-0.4, -0.2) is 22.9 Å². The zero-order chi connectivity index (χ0) is 21.0. The van der Waals surface area contributed by atoms with E-state index in [1.54, 1.807) is 12.1 Å². The van der Waals surface area contributed by atoms with E-state index in [0.29, 0.717) is 24.5 Å². The second-order valence-corrected chi connectivity index (χ2v) is 8.02. The third-order valence-corrected chi connectivity index (χ3v) is 5.28. The molecule has 1 heterocycles. The Morgan fingerprint density at radius 1 is 1.14 bits per heavy atom. The van der Waals surface area contributed by atoms with Crippen LogP contribution in [-0.2, 0) is 0 Å². The summed E-state index contributed by atoms with van der Waals surface area (Å²) in [4.78, 5) is 22.9. The van der Waals surface area contributed by atoms with Gasteiger partial charge in [0.1, 0.15) is 17.1 Å². The predicted molar refractivity (Wildman–Crippen MR) is 111 cm³/mol. The number of unbranched alkanes of at least 4 members (excludes halogenated alkanes) is 2. The lowest BCUT2D eigenvalue weighted by Gasteiger charge is -2.36. The van der Waals surface area contributed by atoms with Crippen LogP contribution in [0.4, 0.5) is 5.69 Å². The molecule has 0 radical (unpaired) electrons. The molecule has 6 heteroatoms. The Labute approximate surface area is 171 Å². The molecule has 6 nitrogen and oxygen atoms in total. The molecule has 0 bridgehead atoms. The van der Waals surface area contributed by atoms with Gasteiger partial charge < -0.3 is 9.47 Å². The first-order valence-electron chi connectivity index (χ1n) is 9.98. The Bertz CT molecular complexity index is 906. The van der Waals surface area contributed by atoms with Crippen molar-refractivity contribution in [2.24, 2.45) is 0 Å². The van der Waals surface area contributed by atoms with Gasteiger partial charge in [0.25, 0.3) is 5.69 Å². The fraction of sp³-hybridized carbons (Fsp3) is 0.435. The van der Waals surface area contributed by atoms with Crippen molar-refractivity contribution in [3.8, 4) is 11.5 Å². The third kappa shape index (κ3) is 5.13. The van der Waals surface area contributed by atoms with E-state index < -0.39 is 10.5 Å². The number of Topliss-reactive ketones (excluding diaryl/α,β-unsaturated/α-hetero) is 1. The number of ketones is 1. The first kappa shape index (κ1) is 20.8. The molecule has 0 N–H and O–H groups in total. The number of hydrogen-bond donors (Lipinski definition) is 0. The summed E-state index contributed by atoms with van der Waals surface area (Å²) in [6.45, 7) is 6.53. The molecule has 0 spiro atoms. The van der Waals surface area contributed by atoms with Crippen molar-refractivity contribution >= 4 is 11.5 Å². The molecular formula is C23H27NO5. The monoisotopic (exact) mass is 397 g/mol. The van der Waals surface area contributed by atoms with E-state index in [-0.39, 0.29) is 11.5 Å². The summed E-state index contributed by atoms with van der Waals surface area (Å²) in [6.07, 6.45) is 3.98. The molecule has 1 aliphatic rings. The van der Waals surface area contributed by atoms with Crippen LogP contribution < -0.4 is 9.47 Å². The summed E-state index contributed by atoms with van der Waals surface area (Å²) in [6, 6.07) is 10.1. The van der Waals surface area contributed by atoms with Crippen molar-refractivity contribution < 1.29 is 19.2 Å². The van der Waals surface area contributed by atoms with Gasteiger partial charge >= 0.3 is 0 Å². The lowest BCUT2D eigenvalue weighted by Crippen LogP contribution is -2.39. The minimum absolute atomic E-state index is 0.0552. The molecule has 0 saturated carbocycles. The lowest BCUT2D eigenvalue weighted by atomic mass is 9.85. The van der Waals surface area contributed by atoms with Crippen LogP contribution >= 0.6 is 0 Å². The van der Waals surface area contributed by atoms with Crippen molar-refractivity contribution in [3.63, 3.8) is 0 Å². The highest BCUT2D eigenvalue weighted by Crippen LogP contribution is 2.38. The first-order valence-corrected chi connectivity index (χ1v) is 9.98. The maximum Gasteiger partial charge on any atom is 0.269 e. The molecule has 3 rings (SSSR count). The Balaban J connectivity index is 1.44. The zero-order valence-electron chi connectivity index (χ0n) is 17.2. The number of aryl methyl sites for hydroxylation is 2. The number of rotatable bonds is 8. The van der Waals surface area contributed by atoms with Crippen LogP contribution in [0.3, 0.4) is 0 Å². The predicted octanol–water partition coefficient (Wildman–Crippen LogP) is 5.57. The molecule has 0 saturated heterocycles. The van der Waals surface area contributed by atoms with E-state index in [0.717, 1.165) is 42.4 Å². The summed E-state index contributed by atoms with van der Waals surface area (Å²) >= 11 is 0. The van der Waals surface area contributed by atoms with Crippen molar-refractivity contribution in [2.75, 3.05) is 6.61 Å². The van der Waals surface area contributed by atoms with Crippen LogP contribution in [0.5, 0.6) is 11.5 Å². The maximum absolute atomic E-state index is 12.6. The molecule has 0 aliphatic carbocycles. The minimum atomic E-state index is -0.469. The summed E-state index contributed by atoms with van der Waals surface area (Å²) in [5, 5.41) is 10.7. The SMILES string of the molecule is Cc1cc(C)c2c(c1)OC(C)(CCCCCOc1ccc([N+](=O)[O-])cc1)CC2=O. The molecule has 0 fully saturated rings. The van der Waals surface area contributed by atoms with Gasteiger partial charge in [0.05, 0.1) is 23.5 Å². The van der Waals surface area contributed by atoms with E-state index in [1.807, 2.05) is 32.9 Å². The summed E-state index contributed by atoms with van der Waals surface area (Å²) in [5.74, 6) is 1.50.